The van der Waals surface area contributed by atoms with Crippen LogP contribution in [0.1, 0.15) is 5.56 Å². The lowest BCUT2D eigenvalue weighted by molar-refractivity contribution is -0.385. The predicted molar refractivity (Wildman–Crippen MR) is 124 cm³/mol. The minimum atomic E-state index is -0.723. The minimum Gasteiger partial charge on any atom is -0.484 e. The van der Waals surface area contributed by atoms with Gasteiger partial charge < -0.3 is 14.7 Å². The van der Waals surface area contributed by atoms with Crippen molar-refractivity contribution in [1.82, 2.24) is 4.90 Å². The van der Waals surface area contributed by atoms with Crippen LogP contribution in [0.25, 0.3) is 0 Å². The molecule has 0 saturated carbocycles. The molecule has 1 unspecified atom stereocenters. The maximum atomic E-state index is 11.0. The van der Waals surface area contributed by atoms with Crippen molar-refractivity contribution in [2.45, 2.75) is 13.0 Å². The number of aliphatic hydroxyl groups is 1. The number of nitro groups is 1. The predicted octanol–water partition coefficient (Wildman–Crippen LogP) is 3.96. The maximum absolute atomic E-state index is 11.0. The van der Waals surface area contributed by atoms with Crippen molar-refractivity contribution in [3.63, 3.8) is 0 Å². The molecule has 10 heteroatoms. The van der Waals surface area contributed by atoms with Crippen molar-refractivity contribution in [1.29, 1.82) is 0 Å². The van der Waals surface area contributed by atoms with E-state index in [1.54, 1.807) is 12.1 Å². The van der Waals surface area contributed by atoms with Gasteiger partial charge in [-0.2, -0.15) is 0 Å². The number of aryl methyl sites for hydroxylation is 1. The number of piperazine rings is 1. The Labute approximate surface area is 193 Å². The van der Waals surface area contributed by atoms with Crippen molar-refractivity contribution < 1.29 is 14.8 Å². The van der Waals surface area contributed by atoms with Gasteiger partial charge in [0.25, 0.3) is 0 Å². The van der Waals surface area contributed by atoms with Crippen LogP contribution in [-0.4, -0.2) is 60.4 Å². The van der Waals surface area contributed by atoms with Crippen LogP contribution in [0.2, 0.25) is 5.02 Å². The third kappa shape index (κ3) is 6.89. The van der Waals surface area contributed by atoms with Gasteiger partial charge in [0.05, 0.1) is 4.92 Å². The van der Waals surface area contributed by atoms with Crippen molar-refractivity contribution in [2.75, 3.05) is 44.2 Å². The van der Waals surface area contributed by atoms with Gasteiger partial charge in [0.15, 0.2) is 5.75 Å². The monoisotopic (exact) mass is 477 g/mol. The molecule has 2 aromatic carbocycles. The molecule has 1 atom stereocenters. The molecule has 1 fully saturated rings. The maximum Gasteiger partial charge on any atom is 0.310 e. The summed E-state index contributed by atoms with van der Waals surface area (Å²) in [7, 11) is 0. The second-order valence-corrected chi connectivity index (χ2v) is 7.34. The summed E-state index contributed by atoms with van der Waals surface area (Å²) in [4.78, 5) is 15.0. The van der Waals surface area contributed by atoms with E-state index in [-0.39, 0.29) is 42.9 Å². The first kappa shape index (κ1) is 26.3. The lowest BCUT2D eigenvalue weighted by Gasteiger charge is -2.37. The first-order valence-corrected chi connectivity index (χ1v) is 9.59. The Morgan fingerprint density at radius 3 is 2.50 bits per heavy atom. The molecule has 1 aliphatic heterocycles. The molecule has 7 nitrogen and oxygen atoms in total. The quantitative estimate of drug-likeness (QED) is 0.479. The van der Waals surface area contributed by atoms with Crippen LogP contribution >= 0.6 is 36.4 Å². The number of aliphatic hydroxyl groups excluding tert-OH is 1. The van der Waals surface area contributed by atoms with Gasteiger partial charge in [0.1, 0.15) is 12.7 Å². The Morgan fingerprint density at radius 2 is 1.83 bits per heavy atom. The SMILES string of the molecule is Cc1ccc(Cl)cc1N1CCN(CC(O)COc2ccccc2[N+](=O)[O-])CC1.Cl.Cl. The van der Waals surface area contributed by atoms with Crippen molar-refractivity contribution in [3.05, 3.63) is 63.2 Å². The van der Waals surface area contributed by atoms with Crippen LogP contribution in [0.4, 0.5) is 11.4 Å². The Balaban J connectivity index is 0.00000225. The molecule has 0 radical (unpaired) electrons. The van der Waals surface area contributed by atoms with E-state index >= 15 is 0 Å². The summed E-state index contributed by atoms with van der Waals surface area (Å²) >= 11 is 6.12. The Kier molecular flexibility index (Phi) is 10.7. The van der Waals surface area contributed by atoms with Crippen LogP contribution in [0.5, 0.6) is 5.75 Å². The summed E-state index contributed by atoms with van der Waals surface area (Å²) in [6, 6.07) is 12.1. The summed E-state index contributed by atoms with van der Waals surface area (Å²) < 4.78 is 5.48. The van der Waals surface area contributed by atoms with Gasteiger partial charge in [0.2, 0.25) is 0 Å². The molecule has 2 aromatic rings. The second kappa shape index (κ2) is 12.2. The largest absolute Gasteiger partial charge is 0.484 e. The zero-order chi connectivity index (χ0) is 20.1. The molecule has 0 spiro atoms. The lowest BCUT2D eigenvalue weighted by Crippen LogP contribution is -2.49. The number of nitrogens with zero attached hydrogens (tertiary/aromatic N) is 3. The average Bonchev–Trinajstić information content (AvgIpc) is 2.69. The fraction of sp³-hybridized carbons (Fsp3) is 0.400. The van der Waals surface area contributed by atoms with E-state index in [1.807, 2.05) is 18.2 Å². The third-order valence-corrected chi connectivity index (χ3v) is 5.08. The molecule has 1 N–H and O–H groups in total. The number of benzene rings is 2. The molecule has 3 rings (SSSR count). The van der Waals surface area contributed by atoms with Crippen LogP contribution in [-0.2, 0) is 0 Å². The van der Waals surface area contributed by atoms with Gasteiger partial charge in [0, 0.05) is 49.5 Å². The molecular weight excluding hydrogens is 453 g/mol. The zero-order valence-corrected chi connectivity index (χ0v) is 19.0. The zero-order valence-electron chi connectivity index (χ0n) is 16.6. The van der Waals surface area contributed by atoms with Gasteiger partial charge in [-0.05, 0) is 30.7 Å². The Morgan fingerprint density at radius 1 is 1.17 bits per heavy atom. The molecule has 1 saturated heterocycles. The van der Waals surface area contributed by atoms with Crippen LogP contribution in [0.15, 0.2) is 42.5 Å². The third-order valence-electron chi connectivity index (χ3n) is 4.85. The highest BCUT2D eigenvalue weighted by Gasteiger charge is 2.22. The number of hydrogen-bond donors (Lipinski definition) is 1. The molecule has 0 amide bonds. The first-order chi connectivity index (χ1) is 13.4. The molecule has 0 bridgehead atoms. The summed E-state index contributed by atoms with van der Waals surface area (Å²) in [6.07, 6.45) is -0.723. The number of anilines is 1. The lowest BCUT2D eigenvalue weighted by atomic mass is 10.1. The fourth-order valence-electron chi connectivity index (χ4n) is 3.36. The number of halogens is 3. The fourth-order valence-corrected chi connectivity index (χ4v) is 3.53. The normalized spacial score (nSPS) is 15.0. The second-order valence-electron chi connectivity index (χ2n) is 6.91. The van der Waals surface area contributed by atoms with E-state index in [0.29, 0.717) is 6.54 Å². The van der Waals surface area contributed by atoms with E-state index in [9.17, 15) is 15.2 Å². The summed E-state index contributed by atoms with van der Waals surface area (Å²) in [5.74, 6) is 0.174. The molecule has 166 valence electrons. The van der Waals surface area contributed by atoms with E-state index in [0.717, 1.165) is 36.9 Å². The number of para-hydroxylation sites is 2. The smallest absolute Gasteiger partial charge is 0.310 e. The van der Waals surface area contributed by atoms with Crippen molar-refractivity contribution >= 4 is 47.8 Å². The van der Waals surface area contributed by atoms with Crippen molar-refractivity contribution in [2.24, 2.45) is 0 Å². The van der Waals surface area contributed by atoms with Crippen LogP contribution in [0, 0.1) is 17.0 Å². The number of hydrogen-bond acceptors (Lipinski definition) is 6. The van der Waals surface area contributed by atoms with Gasteiger partial charge in [-0.25, -0.2) is 0 Å². The molecular formula is C20H26Cl3N3O4. The number of ether oxygens (including phenoxy) is 1. The van der Waals surface area contributed by atoms with Gasteiger partial charge in [-0.3, -0.25) is 15.0 Å². The minimum absolute atomic E-state index is 0. The van der Waals surface area contributed by atoms with E-state index < -0.39 is 11.0 Å². The van der Waals surface area contributed by atoms with E-state index in [4.69, 9.17) is 16.3 Å². The van der Waals surface area contributed by atoms with Gasteiger partial charge in [-0.15, -0.1) is 24.8 Å². The Hall–Kier alpha value is -1.77. The Bertz CT molecular complexity index is 833. The molecule has 0 aromatic heterocycles. The highest BCUT2D eigenvalue weighted by molar-refractivity contribution is 6.30. The van der Waals surface area contributed by atoms with Gasteiger partial charge in [-0.1, -0.05) is 29.8 Å². The molecule has 0 aliphatic carbocycles. The highest BCUT2D eigenvalue weighted by atomic mass is 35.5. The van der Waals surface area contributed by atoms with Gasteiger partial charge >= 0.3 is 5.69 Å². The van der Waals surface area contributed by atoms with Crippen LogP contribution < -0.4 is 9.64 Å². The van der Waals surface area contributed by atoms with E-state index in [1.165, 1.54) is 17.7 Å². The number of nitro benzene ring substituents is 1. The summed E-state index contributed by atoms with van der Waals surface area (Å²) in [5, 5.41) is 22.0. The topological polar surface area (TPSA) is 79.1 Å². The summed E-state index contributed by atoms with van der Waals surface area (Å²) in [6.45, 7) is 5.87. The van der Waals surface area contributed by atoms with Crippen LogP contribution in [0.3, 0.4) is 0 Å². The highest BCUT2D eigenvalue weighted by Crippen LogP contribution is 2.27. The molecule has 30 heavy (non-hydrogen) atoms. The number of rotatable bonds is 7. The molecule has 1 aliphatic rings. The van der Waals surface area contributed by atoms with Crippen molar-refractivity contribution in [3.8, 4) is 5.75 Å². The number of β-amino-alcohol motifs (C(OH)–C–C–N with tert-alkyl or cyclic N) is 1. The first-order valence-electron chi connectivity index (χ1n) is 9.22. The summed E-state index contributed by atoms with van der Waals surface area (Å²) in [5.41, 5.74) is 2.24. The van der Waals surface area contributed by atoms with E-state index in [2.05, 4.69) is 16.7 Å². The standard InChI is InChI=1S/C20H24ClN3O4.2ClH/c1-15-6-7-16(21)12-19(15)23-10-8-22(9-11-23)13-17(25)14-28-20-5-3-2-4-18(20)24(26)27;;/h2-7,12,17,25H,8-11,13-14H2,1H3;2*1H. The average molecular weight is 479 g/mol. The molecule has 1 heterocycles.